The fraction of sp³-hybridized carbons (Fsp3) is 0.846. The highest BCUT2D eigenvalue weighted by Crippen LogP contribution is 2.35. The lowest BCUT2D eigenvalue weighted by Crippen LogP contribution is -2.57. The lowest BCUT2D eigenvalue weighted by molar-refractivity contribution is -0.0900. The van der Waals surface area contributed by atoms with Crippen LogP contribution in [-0.4, -0.2) is 33.2 Å². The molecule has 108 valence electrons. The van der Waals surface area contributed by atoms with Gasteiger partial charge in [-0.2, -0.15) is 0 Å². The largest absolute Gasteiger partial charge is 0.374 e. The van der Waals surface area contributed by atoms with Crippen molar-refractivity contribution in [2.45, 2.75) is 57.1 Å². The zero-order valence-electron chi connectivity index (χ0n) is 11.9. The van der Waals surface area contributed by atoms with Gasteiger partial charge in [-0.3, -0.25) is 16.0 Å². The summed E-state index contributed by atoms with van der Waals surface area (Å²) in [7, 11) is 1.88. The number of aromatic nitrogens is 3. The Labute approximate surface area is 114 Å². The molecule has 0 saturated heterocycles. The Balaban J connectivity index is 2.12. The summed E-state index contributed by atoms with van der Waals surface area (Å²) in [4.78, 5) is 0. The Morgan fingerprint density at radius 2 is 2.21 bits per heavy atom. The third-order valence-corrected chi connectivity index (χ3v) is 4.03. The Morgan fingerprint density at radius 3 is 2.74 bits per heavy atom. The van der Waals surface area contributed by atoms with Crippen molar-refractivity contribution in [3.8, 4) is 0 Å². The van der Waals surface area contributed by atoms with Gasteiger partial charge in [0.15, 0.2) is 0 Å². The van der Waals surface area contributed by atoms with Crippen molar-refractivity contribution in [3.05, 3.63) is 11.9 Å². The van der Waals surface area contributed by atoms with Crippen LogP contribution in [0.4, 0.5) is 0 Å². The minimum absolute atomic E-state index is 0.0875. The summed E-state index contributed by atoms with van der Waals surface area (Å²) >= 11 is 0. The summed E-state index contributed by atoms with van der Waals surface area (Å²) in [5, 5.41) is 8.13. The Hall–Kier alpha value is -0.980. The molecule has 0 bridgehead atoms. The highest BCUT2D eigenvalue weighted by molar-refractivity contribution is 5.03. The highest BCUT2D eigenvalue weighted by Gasteiger charge is 2.40. The average Bonchev–Trinajstić information content (AvgIpc) is 2.83. The second kappa shape index (κ2) is 6.45. The first-order valence-electron chi connectivity index (χ1n) is 7.15. The number of hydrogen-bond donors (Lipinski definition) is 2. The molecular formula is C13H25N5O. The molecule has 6 heteroatoms. The second-order valence-electron chi connectivity index (χ2n) is 5.37. The molecule has 1 aliphatic carbocycles. The van der Waals surface area contributed by atoms with E-state index in [0.717, 1.165) is 31.6 Å². The average molecular weight is 267 g/mol. The topological polar surface area (TPSA) is 78.0 Å². The van der Waals surface area contributed by atoms with Crippen LogP contribution in [0.5, 0.6) is 0 Å². The number of hydrazine groups is 1. The second-order valence-corrected chi connectivity index (χ2v) is 5.37. The molecule has 19 heavy (non-hydrogen) atoms. The van der Waals surface area contributed by atoms with E-state index in [2.05, 4.69) is 15.7 Å². The third kappa shape index (κ3) is 3.32. The summed E-state index contributed by atoms with van der Waals surface area (Å²) < 4.78 is 7.82. The predicted molar refractivity (Wildman–Crippen MR) is 73.3 cm³/mol. The predicted octanol–water partition coefficient (Wildman–Crippen LogP) is 0.929. The molecule has 2 rings (SSSR count). The molecule has 0 spiro atoms. The molecule has 1 aromatic heterocycles. The zero-order chi connectivity index (χ0) is 13.7. The van der Waals surface area contributed by atoms with Gasteiger partial charge in [0.25, 0.3) is 0 Å². The van der Waals surface area contributed by atoms with Crippen molar-refractivity contribution >= 4 is 0 Å². The maximum atomic E-state index is 6.10. The summed E-state index contributed by atoms with van der Waals surface area (Å²) in [5.41, 5.74) is 3.75. The van der Waals surface area contributed by atoms with Gasteiger partial charge in [0.05, 0.1) is 17.3 Å². The maximum absolute atomic E-state index is 6.10. The SMILES string of the molecule is CCOC1(C(Cc2cn(C)nn2)NN)CCCCC1. The van der Waals surface area contributed by atoms with Gasteiger partial charge < -0.3 is 4.74 Å². The maximum Gasteiger partial charge on any atom is 0.0851 e. The van der Waals surface area contributed by atoms with Crippen LogP contribution in [0.25, 0.3) is 0 Å². The van der Waals surface area contributed by atoms with Gasteiger partial charge in [0.1, 0.15) is 0 Å². The number of ether oxygens (including phenoxy) is 1. The molecule has 0 amide bonds. The van der Waals surface area contributed by atoms with Crippen LogP contribution in [0.3, 0.4) is 0 Å². The number of nitrogens with two attached hydrogens (primary N) is 1. The minimum atomic E-state index is -0.154. The van der Waals surface area contributed by atoms with Gasteiger partial charge in [-0.15, -0.1) is 5.10 Å². The molecule has 6 nitrogen and oxygen atoms in total. The van der Waals surface area contributed by atoms with Crippen LogP contribution in [0.1, 0.15) is 44.7 Å². The molecule has 0 aromatic carbocycles. The van der Waals surface area contributed by atoms with Crippen LogP contribution >= 0.6 is 0 Å². The number of aryl methyl sites for hydroxylation is 1. The molecular weight excluding hydrogens is 242 g/mol. The fourth-order valence-corrected chi connectivity index (χ4v) is 3.13. The van der Waals surface area contributed by atoms with Gasteiger partial charge in [0, 0.05) is 26.3 Å². The van der Waals surface area contributed by atoms with E-state index in [1.165, 1.54) is 19.3 Å². The van der Waals surface area contributed by atoms with E-state index >= 15 is 0 Å². The quantitative estimate of drug-likeness (QED) is 0.592. The minimum Gasteiger partial charge on any atom is -0.374 e. The van der Waals surface area contributed by atoms with E-state index in [9.17, 15) is 0 Å². The fourth-order valence-electron chi connectivity index (χ4n) is 3.13. The standard InChI is InChI=1S/C13H25N5O/c1-3-19-13(7-5-4-6-8-13)12(15-14)9-11-10-18(2)17-16-11/h10,12,15H,3-9,14H2,1-2H3. The van der Waals surface area contributed by atoms with E-state index in [0.29, 0.717) is 0 Å². The van der Waals surface area contributed by atoms with E-state index in [1.807, 2.05) is 20.2 Å². The monoisotopic (exact) mass is 267 g/mol. The van der Waals surface area contributed by atoms with Gasteiger partial charge in [0.2, 0.25) is 0 Å². The lowest BCUT2D eigenvalue weighted by atomic mass is 9.78. The molecule has 1 fully saturated rings. The number of hydrogen-bond acceptors (Lipinski definition) is 5. The van der Waals surface area contributed by atoms with Crippen LogP contribution < -0.4 is 11.3 Å². The van der Waals surface area contributed by atoms with E-state index in [-0.39, 0.29) is 11.6 Å². The van der Waals surface area contributed by atoms with Gasteiger partial charge in [-0.05, 0) is 19.8 Å². The first-order chi connectivity index (χ1) is 9.20. The zero-order valence-corrected chi connectivity index (χ0v) is 11.9. The summed E-state index contributed by atoms with van der Waals surface area (Å²) in [6, 6.07) is 0.0875. The van der Waals surface area contributed by atoms with Crippen LogP contribution in [0.2, 0.25) is 0 Å². The van der Waals surface area contributed by atoms with Crippen molar-refractivity contribution < 1.29 is 4.74 Å². The van der Waals surface area contributed by atoms with Crippen molar-refractivity contribution in [2.24, 2.45) is 12.9 Å². The smallest absolute Gasteiger partial charge is 0.0851 e. The number of rotatable bonds is 6. The van der Waals surface area contributed by atoms with E-state index in [1.54, 1.807) is 4.68 Å². The molecule has 1 atom stereocenters. The van der Waals surface area contributed by atoms with Gasteiger partial charge >= 0.3 is 0 Å². The molecule has 1 saturated carbocycles. The van der Waals surface area contributed by atoms with E-state index < -0.39 is 0 Å². The number of nitrogens with one attached hydrogen (secondary N) is 1. The van der Waals surface area contributed by atoms with Gasteiger partial charge in [-0.25, -0.2) is 0 Å². The molecule has 3 N–H and O–H groups in total. The van der Waals surface area contributed by atoms with E-state index in [4.69, 9.17) is 10.6 Å². The summed E-state index contributed by atoms with van der Waals surface area (Å²) in [6.07, 6.45) is 8.53. The Morgan fingerprint density at radius 1 is 1.47 bits per heavy atom. The lowest BCUT2D eigenvalue weighted by Gasteiger charge is -2.42. The van der Waals surface area contributed by atoms with Crippen LogP contribution in [-0.2, 0) is 18.2 Å². The van der Waals surface area contributed by atoms with Crippen molar-refractivity contribution in [3.63, 3.8) is 0 Å². The van der Waals surface area contributed by atoms with Gasteiger partial charge in [-0.1, -0.05) is 24.5 Å². The number of nitrogens with zero attached hydrogens (tertiary/aromatic N) is 3. The van der Waals surface area contributed by atoms with Crippen LogP contribution in [0, 0.1) is 0 Å². The Kier molecular flexibility index (Phi) is 4.90. The van der Waals surface area contributed by atoms with Crippen molar-refractivity contribution in [2.75, 3.05) is 6.61 Å². The normalized spacial score (nSPS) is 20.4. The highest BCUT2D eigenvalue weighted by atomic mass is 16.5. The molecule has 1 aromatic rings. The molecule has 0 aliphatic heterocycles. The molecule has 1 heterocycles. The van der Waals surface area contributed by atoms with Crippen LogP contribution in [0.15, 0.2) is 6.20 Å². The molecule has 1 unspecified atom stereocenters. The molecule has 1 aliphatic rings. The van der Waals surface area contributed by atoms with Crippen molar-refractivity contribution in [1.29, 1.82) is 0 Å². The first kappa shape index (κ1) is 14.4. The van der Waals surface area contributed by atoms with Crippen molar-refractivity contribution in [1.82, 2.24) is 20.4 Å². The first-order valence-corrected chi connectivity index (χ1v) is 7.15. The molecule has 0 radical (unpaired) electrons. The Bertz CT molecular complexity index is 381. The summed E-state index contributed by atoms with van der Waals surface area (Å²) in [5.74, 6) is 5.79. The summed E-state index contributed by atoms with van der Waals surface area (Å²) in [6.45, 7) is 2.77. The third-order valence-electron chi connectivity index (χ3n) is 4.03.